The van der Waals surface area contributed by atoms with Crippen molar-refractivity contribution in [2.45, 2.75) is 95.1 Å². The van der Waals surface area contributed by atoms with E-state index in [1.165, 1.54) is 26.8 Å². The Balaban J connectivity index is 1.43. The highest BCUT2D eigenvalue weighted by molar-refractivity contribution is 8.33. The molecule has 5 aromatic carbocycles. The largest absolute Gasteiger partial charge is 0.478 e. The Kier molecular flexibility index (Phi) is 10.8. The van der Waals surface area contributed by atoms with Gasteiger partial charge < -0.3 is 10.2 Å². The molecule has 0 spiro atoms. The second-order valence-electron chi connectivity index (χ2n) is 14.8. The topological polar surface area (TPSA) is 129 Å². The van der Waals surface area contributed by atoms with E-state index in [2.05, 4.69) is 79.1 Å². The lowest BCUT2D eigenvalue weighted by Gasteiger charge is -2.39. The predicted molar refractivity (Wildman–Crippen MR) is 213 cm³/mol. The first-order valence-electron chi connectivity index (χ1n) is 18.7. The number of hydrogen-bond donors (Lipinski definition) is 3. The zero-order valence-corrected chi connectivity index (χ0v) is 32.0. The standard InChI is InChI=1S/C45H46O7S2/c1-53(36-17-7-3-8-18-36,37-19-9-4-10-20-37)38-21-13-16-31(27-38)39-22-11-12-23-40(39)42-29-33(32-24-34(44(46)47)26-35(25-32)45(48)49)28-41(43(42)54(50,51)52)30-14-5-2-6-15-30/h3-4,7-10,13,16-21,24-30,39-40H,2,5-6,11-12,14-15,22-23H2,1H3,(H,46,47)(H,48,49)(H,50,51,52). The quantitative estimate of drug-likeness (QED) is 0.121. The fraction of sp³-hybridized carbons (Fsp3) is 0.289. The molecule has 2 saturated carbocycles. The van der Waals surface area contributed by atoms with Crippen molar-refractivity contribution in [3.63, 3.8) is 0 Å². The van der Waals surface area contributed by atoms with Gasteiger partial charge in [-0.3, -0.25) is 4.55 Å². The van der Waals surface area contributed by atoms with Gasteiger partial charge in [-0.05, 0) is 159 Å². The van der Waals surface area contributed by atoms with Crippen LogP contribution in [0, 0.1) is 0 Å². The minimum Gasteiger partial charge on any atom is -0.478 e. The Morgan fingerprint density at radius 2 is 1.06 bits per heavy atom. The lowest BCUT2D eigenvalue weighted by molar-refractivity contribution is 0.0696. The van der Waals surface area contributed by atoms with E-state index in [4.69, 9.17) is 0 Å². The first-order chi connectivity index (χ1) is 25.9. The average molecular weight is 763 g/mol. The van der Waals surface area contributed by atoms with Gasteiger partial charge in [0.15, 0.2) is 0 Å². The Morgan fingerprint density at radius 3 is 1.61 bits per heavy atom. The van der Waals surface area contributed by atoms with Crippen LogP contribution in [-0.4, -0.2) is 41.4 Å². The molecule has 0 aliphatic heterocycles. The summed E-state index contributed by atoms with van der Waals surface area (Å²) in [6.07, 6.45) is 10.1. The first-order valence-corrected chi connectivity index (χ1v) is 22.2. The molecule has 2 fully saturated rings. The van der Waals surface area contributed by atoms with Gasteiger partial charge in [0.2, 0.25) is 0 Å². The molecule has 2 atom stereocenters. The van der Waals surface area contributed by atoms with Gasteiger partial charge in [0.25, 0.3) is 10.1 Å². The fourth-order valence-corrected chi connectivity index (χ4v) is 12.8. The van der Waals surface area contributed by atoms with Crippen LogP contribution in [0.1, 0.15) is 113 Å². The molecule has 0 bridgehead atoms. The van der Waals surface area contributed by atoms with E-state index in [0.717, 1.165) is 63.0 Å². The lowest BCUT2D eigenvalue weighted by atomic mass is 9.71. The van der Waals surface area contributed by atoms with Crippen molar-refractivity contribution in [3.05, 3.63) is 143 Å². The van der Waals surface area contributed by atoms with Gasteiger partial charge >= 0.3 is 11.9 Å². The van der Waals surface area contributed by atoms with Crippen molar-refractivity contribution in [2.75, 3.05) is 6.26 Å². The summed E-state index contributed by atoms with van der Waals surface area (Å²) >= 11 is 0. The monoisotopic (exact) mass is 762 g/mol. The van der Waals surface area contributed by atoms with E-state index in [-0.39, 0.29) is 33.8 Å². The molecule has 3 N–H and O–H groups in total. The normalized spacial score (nSPS) is 18.6. The van der Waals surface area contributed by atoms with Crippen LogP contribution >= 0.6 is 10.0 Å². The van der Waals surface area contributed by atoms with E-state index in [9.17, 15) is 32.8 Å². The smallest absolute Gasteiger partial charge is 0.335 e. The van der Waals surface area contributed by atoms with E-state index in [1.54, 1.807) is 12.1 Å². The summed E-state index contributed by atoms with van der Waals surface area (Å²) < 4.78 is 38.4. The van der Waals surface area contributed by atoms with E-state index >= 15 is 0 Å². The van der Waals surface area contributed by atoms with Gasteiger partial charge in [0.05, 0.1) is 11.1 Å². The number of aromatic carboxylic acids is 2. The number of rotatable bonds is 10. The second-order valence-corrected chi connectivity index (χ2v) is 19.4. The molecule has 2 unspecified atom stereocenters. The number of carboxylic acid groups (broad SMARTS) is 2. The fourth-order valence-electron chi connectivity index (χ4n) is 8.87. The SMILES string of the molecule is CS(c1ccccc1)(c1ccccc1)c1cccc(C2CCCCC2c2cc(-c3cc(C(=O)O)cc(C(=O)O)c3)cc(C3CCCCC3)c2S(=O)(=O)O)c1. The van der Waals surface area contributed by atoms with Crippen LogP contribution in [-0.2, 0) is 10.1 Å². The number of hydrogen-bond acceptors (Lipinski definition) is 4. The molecule has 2 aliphatic rings. The molecule has 280 valence electrons. The van der Waals surface area contributed by atoms with Crippen molar-refractivity contribution in [3.8, 4) is 11.1 Å². The van der Waals surface area contributed by atoms with Crippen LogP contribution in [0.25, 0.3) is 11.1 Å². The minimum absolute atomic E-state index is 0.0388. The van der Waals surface area contributed by atoms with Crippen LogP contribution in [0.4, 0.5) is 0 Å². The highest BCUT2D eigenvalue weighted by Crippen LogP contribution is 2.66. The highest BCUT2D eigenvalue weighted by Gasteiger charge is 2.36. The maximum absolute atomic E-state index is 13.6. The molecule has 54 heavy (non-hydrogen) atoms. The summed E-state index contributed by atoms with van der Waals surface area (Å²) in [5.41, 5.74) is 2.75. The predicted octanol–water partition coefficient (Wildman–Crippen LogP) is 11.4. The molecule has 2 aliphatic carbocycles. The molecule has 0 aromatic heterocycles. The third kappa shape index (κ3) is 7.50. The molecule has 0 radical (unpaired) electrons. The Morgan fingerprint density at radius 1 is 0.556 bits per heavy atom. The summed E-state index contributed by atoms with van der Waals surface area (Å²) in [5.74, 6) is -2.97. The molecular formula is C45H46O7S2. The van der Waals surface area contributed by atoms with Crippen molar-refractivity contribution in [2.24, 2.45) is 0 Å². The third-order valence-electron chi connectivity index (χ3n) is 11.6. The number of carboxylic acids is 2. The Bertz CT molecular complexity index is 2210. The van der Waals surface area contributed by atoms with Crippen LogP contribution in [0.5, 0.6) is 0 Å². The maximum atomic E-state index is 13.6. The molecule has 0 heterocycles. The lowest BCUT2D eigenvalue weighted by Crippen LogP contribution is -2.21. The van der Waals surface area contributed by atoms with E-state index in [1.807, 2.05) is 12.1 Å². The molecule has 0 amide bonds. The van der Waals surface area contributed by atoms with Gasteiger partial charge in [-0.15, -0.1) is 0 Å². The molecule has 7 nitrogen and oxygen atoms in total. The molecule has 7 rings (SSSR count). The van der Waals surface area contributed by atoms with Gasteiger partial charge in [0.1, 0.15) is 4.90 Å². The maximum Gasteiger partial charge on any atom is 0.335 e. The summed E-state index contributed by atoms with van der Waals surface area (Å²) in [4.78, 5) is 27.9. The Labute approximate surface area is 319 Å². The van der Waals surface area contributed by atoms with Gasteiger partial charge in [-0.1, -0.05) is 80.6 Å². The molecular weight excluding hydrogens is 717 g/mol. The summed E-state index contributed by atoms with van der Waals surface area (Å²) in [7, 11) is -6.37. The van der Waals surface area contributed by atoms with Gasteiger partial charge in [-0.2, -0.15) is 18.4 Å². The zero-order valence-electron chi connectivity index (χ0n) is 30.4. The number of benzene rings is 5. The summed E-state index contributed by atoms with van der Waals surface area (Å²) in [6.45, 7) is 0. The minimum atomic E-state index is -4.70. The highest BCUT2D eigenvalue weighted by atomic mass is 32.3. The summed E-state index contributed by atoms with van der Waals surface area (Å²) in [5, 5.41) is 19.8. The van der Waals surface area contributed by atoms with Crippen LogP contribution < -0.4 is 0 Å². The first kappa shape index (κ1) is 37.6. The number of carbonyl (C=O) groups is 2. The zero-order chi connectivity index (χ0) is 38.0. The van der Waals surface area contributed by atoms with Crippen molar-refractivity contribution in [1.82, 2.24) is 0 Å². The second kappa shape index (κ2) is 15.6. The molecule has 0 saturated heterocycles. The third-order valence-corrected chi connectivity index (χ3v) is 16.2. The summed E-state index contributed by atoms with van der Waals surface area (Å²) in [6, 6.07) is 37.4. The van der Waals surface area contributed by atoms with Crippen LogP contribution in [0.15, 0.2) is 135 Å². The van der Waals surface area contributed by atoms with Gasteiger partial charge in [-0.25, -0.2) is 9.59 Å². The van der Waals surface area contributed by atoms with Crippen molar-refractivity contribution < 1.29 is 32.8 Å². The van der Waals surface area contributed by atoms with E-state index < -0.39 is 32.1 Å². The average Bonchev–Trinajstić information content (AvgIpc) is 3.20. The molecule has 9 heteroatoms. The van der Waals surface area contributed by atoms with Crippen molar-refractivity contribution >= 4 is 32.1 Å². The van der Waals surface area contributed by atoms with Crippen LogP contribution in [0.2, 0.25) is 0 Å². The van der Waals surface area contributed by atoms with Crippen molar-refractivity contribution in [1.29, 1.82) is 0 Å². The Hall–Kier alpha value is -4.70. The molecule has 5 aromatic rings. The van der Waals surface area contributed by atoms with Crippen LogP contribution in [0.3, 0.4) is 0 Å². The van der Waals surface area contributed by atoms with Gasteiger partial charge in [0, 0.05) is 0 Å². The van der Waals surface area contributed by atoms with E-state index in [0.29, 0.717) is 28.7 Å².